The first-order chi connectivity index (χ1) is 25.7. The van der Waals surface area contributed by atoms with E-state index in [1.165, 1.54) is 12.1 Å². The second kappa shape index (κ2) is 20.0. The monoisotopic (exact) mass is 751 g/mol. The second-order valence-electron chi connectivity index (χ2n) is 14.0. The third-order valence-electron chi connectivity index (χ3n) is 9.36. The molecular formula is C41H52F3N5O5. The van der Waals surface area contributed by atoms with Gasteiger partial charge in [-0.3, -0.25) is 19.2 Å². The van der Waals surface area contributed by atoms with Gasteiger partial charge in [-0.2, -0.15) is 13.2 Å². The number of nitrogens with one attached hydrogen (secondary N) is 1. The first kappa shape index (κ1) is 41.8. The number of fused-ring (bicyclic) bond motifs is 1. The number of ether oxygens (including phenoxy) is 1. The van der Waals surface area contributed by atoms with Crippen LogP contribution in [0.15, 0.2) is 66.7 Å². The molecule has 3 N–H and O–H groups in total. The summed E-state index contributed by atoms with van der Waals surface area (Å²) in [4.78, 5) is 57.3. The van der Waals surface area contributed by atoms with Crippen LogP contribution in [0.1, 0.15) is 96.9 Å². The maximum atomic E-state index is 14.3. The Labute approximate surface area is 315 Å². The molecule has 0 spiro atoms. The van der Waals surface area contributed by atoms with Gasteiger partial charge in [-0.1, -0.05) is 62.9 Å². The summed E-state index contributed by atoms with van der Waals surface area (Å²) in [5.41, 5.74) is 7.25. The number of carbonyl (C=O) groups excluding carboxylic acids is 4. The fraction of sp³-hybridized carbons (Fsp3) is 0.463. The predicted octanol–water partition coefficient (Wildman–Crippen LogP) is 6.98. The molecule has 1 aliphatic heterocycles. The Morgan fingerprint density at radius 2 is 1.69 bits per heavy atom. The van der Waals surface area contributed by atoms with Gasteiger partial charge in [0.15, 0.2) is 0 Å². The van der Waals surface area contributed by atoms with Crippen LogP contribution in [0.2, 0.25) is 0 Å². The number of hydrogen-bond donors (Lipinski definition) is 2. The average molecular weight is 752 g/mol. The van der Waals surface area contributed by atoms with Gasteiger partial charge < -0.3 is 30.5 Å². The van der Waals surface area contributed by atoms with E-state index < -0.39 is 36.1 Å². The highest BCUT2D eigenvalue weighted by atomic mass is 19.4. The number of rotatable bonds is 20. The van der Waals surface area contributed by atoms with E-state index >= 15 is 0 Å². The molecular weight excluding hydrogens is 699 g/mol. The van der Waals surface area contributed by atoms with Crippen molar-refractivity contribution in [3.8, 4) is 5.75 Å². The molecule has 54 heavy (non-hydrogen) atoms. The van der Waals surface area contributed by atoms with Crippen molar-refractivity contribution in [2.24, 2.45) is 5.73 Å². The lowest BCUT2D eigenvalue weighted by Gasteiger charge is -2.37. The van der Waals surface area contributed by atoms with Crippen molar-refractivity contribution in [2.75, 3.05) is 45.7 Å². The normalized spacial score (nSPS) is 14.2. The quantitative estimate of drug-likeness (QED) is 0.120. The molecule has 0 saturated heterocycles. The van der Waals surface area contributed by atoms with Crippen molar-refractivity contribution < 1.29 is 37.1 Å². The lowest BCUT2D eigenvalue weighted by molar-refractivity contribution is -0.137. The molecule has 0 fully saturated rings. The van der Waals surface area contributed by atoms with Crippen LogP contribution in [-0.4, -0.2) is 78.7 Å². The zero-order valence-corrected chi connectivity index (χ0v) is 31.4. The molecule has 3 aromatic carbocycles. The van der Waals surface area contributed by atoms with Crippen molar-refractivity contribution in [1.29, 1.82) is 0 Å². The first-order valence-electron chi connectivity index (χ1n) is 18.6. The number of amides is 4. The summed E-state index contributed by atoms with van der Waals surface area (Å²) < 4.78 is 46.1. The number of primary amides is 1. The molecule has 0 saturated carbocycles. The van der Waals surface area contributed by atoms with Crippen LogP contribution in [0.3, 0.4) is 0 Å². The molecule has 13 heteroatoms. The van der Waals surface area contributed by atoms with E-state index in [2.05, 4.69) is 17.1 Å². The predicted molar refractivity (Wildman–Crippen MR) is 202 cm³/mol. The van der Waals surface area contributed by atoms with Gasteiger partial charge >= 0.3 is 6.18 Å². The first-order valence-corrected chi connectivity index (χ1v) is 18.6. The molecule has 3 aromatic rings. The van der Waals surface area contributed by atoms with Crippen molar-refractivity contribution in [2.45, 2.75) is 83.5 Å². The lowest BCUT2D eigenvalue weighted by Crippen LogP contribution is -2.44. The van der Waals surface area contributed by atoms with Crippen LogP contribution < -0.4 is 15.8 Å². The summed E-state index contributed by atoms with van der Waals surface area (Å²) in [5, 5.41) is 2.91. The molecule has 1 aliphatic rings. The number of hydrogen-bond acceptors (Lipinski definition) is 6. The molecule has 0 aromatic heterocycles. The summed E-state index contributed by atoms with van der Waals surface area (Å²) in [6, 6.07) is 16.8. The van der Waals surface area contributed by atoms with Crippen molar-refractivity contribution in [3.63, 3.8) is 0 Å². The smallest absolute Gasteiger partial charge is 0.416 e. The molecule has 0 aliphatic carbocycles. The standard InChI is InChI=1S/C41H52F3N5O5/c1-4-5-6-7-8-13-38(51)46-33-17-14-31-25-36(30-15-18-34(19-16-30)54-23-10-21-47(2)3)49(40(53)35(31)26-33)22-20-39(52)48(28-37(45)50)27-29-11-9-12-32(24-29)41(42,43)44/h9,11-12,14-19,24,26,36H,4-8,10,13,20-23,25,27-28H2,1-3H3,(H2,45,50)(H,46,51). The van der Waals surface area contributed by atoms with Crippen LogP contribution in [0, 0.1) is 0 Å². The summed E-state index contributed by atoms with van der Waals surface area (Å²) in [7, 11) is 3.99. The van der Waals surface area contributed by atoms with Crippen molar-refractivity contribution >= 4 is 29.3 Å². The maximum absolute atomic E-state index is 14.3. The molecule has 0 radical (unpaired) electrons. The molecule has 0 bridgehead atoms. The number of unbranched alkanes of at least 4 members (excludes halogenated alkanes) is 4. The molecule has 1 unspecified atom stereocenters. The Balaban J connectivity index is 1.55. The van der Waals surface area contributed by atoms with E-state index in [9.17, 15) is 32.3 Å². The van der Waals surface area contributed by atoms with E-state index in [0.29, 0.717) is 36.4 Å². The van der Waals surface area contributed by atoms with E-state index in [1.807, 2.05) is 44.4 Å². The van der Waals surface area contributed by atoms with E-state index in [0.717, 1.165) is 73.2 Å². The molecule has 292 valence electrons. The zero-order valence-electron chi connectivity index (χ0n) is 31.4. The molecule has 1 heterocycles. The fourth-order valence-electron chi connectivity index (χ4n) is 6.53. The highest BCUT2D eigenvalue weighted by molar-refractivity contribution is 6.00. The third-order valence-corrected chi connectivity index (χ3v) is 9.36. The van der Waals surface area contributed by atoms with Crippen LogP contribution in [0.4, 0.5) is 18.9 Å². The van der Waals surface area contributed by atoms with Gasteiger partial charge in [0.05, 0.1) is 24.8 Å². The van der Waals surface area contributed by atoms with Gasteiger partial charge in [0.2, 0.25) is 17.7 Å². The number of halogens is 3. The van der Waals surface area contributed by atoms with Gasteiger partial charge in [-0.15, -0.1) is 0 Å². The second-order valence-corrected chi connectivity index (χ2v) is 14.0. The largest absolute Gasteiger partial charge is 0.494 e. The van der Waals surface area contributed by atoms with Crippen molar-refractivity contribution in [1.82, 2.24) is 14.7 Å². The number of alkyl halides is 3. The van der Waals surface area contributed by atoms with E-state index in [4.69, 9.17) is 10.5 Å². The van der Waals surface area contributed by atoms with Gasteiger partial charge in [0.25, 0.3) is 5.91 Å². The molecule has 4 amide bonds. The number of nitrogens with two attached hydrogens (primary N) is 1. The van der Waals surface area contributed by atoms with Crippen LogP contribution in [-0.2, 0) is 33.5 Å². The van der Waals surface area contributed by atoms with E-state index in [-0.39, 0.29) is 36.9 Å². The Kier molecular flexibility index (Phi) is 15.5. The van der Waals surface area contributed by atoms with Crippen LogP contribution in [0.5, 0.6) is 5.75 Å². The number of carbonyl (C=O) groups is 4. The van der Waals surface area contributed by atoms with Gasteiger partial charge in [-0.05, 0) is 86.4 Å². The van der Waals surface area contributed by atoms with Crippen LogP contribution in [0.25, 0.3) is 0 Å². The Bertz CT molecular complexity index is 1730. The van der Waals surface area contributed by atoms with Gasteiger partial charge in [0.1, 0.15) is 5.75 Å². The number of anilines is 1. The number of benzene rings is 3. The summed E-state index contributed by atoms with van der Waals surface area (Å²) in [5.74, 6) is -1.16. The minimum absolute atomic E-state index is 0.0449. The Morgan fingerprint density at radius 1 is 0.944 bits per heavy atom. The SMILES string of the molecule is CCCCCCCC(=O)Nc1ccc2c(c1)C(=O)N(CCC(=O)N(CC(N)=O)Cc1cccc(C(F)(F)F)c1)C(c1ccc(OCCCN(C)C)cc1)C2. The summed E-state index contributed by atoms with van der Waals surface area (Å²) in [6.07, 6.45) is 1.94. The molecule has 1 atom stereocenters. The summed E-state index contributed by atoms with van der Waals surface area (Å²) >= 11 is 0. The molecule has 4 rings (SSSR count). The molecule has 10 nitrogen and oxygen atoms in total. The van der Waals surface area contributed by atoms with Crippen LogP contribution >= 0.6 is 0 Å². The summed E-state index contributed by atoms with van der Waals surface area (Å²) in [6.45, 7) is 2.74. The van der Waals surface area contributed by atoms with E-state index in [1.54, 1.807) is 17.0 Å². The fourth-order valence-corrected chi connectivity index (χ4v) is 6.53. The third kappa shape index (κ3) is 12.6. The Hall–Kier alpha value is -4.91. The highest BCUT2D eigenvalue weighted by Crippen LogP contribution is 2.36. The van der Waals surface area contributed by atoms with Gasteiger partial charge in [0, 0.05) is 43.7 Å². The minimum atomic E-state index is -4.58. The Morgan fingerprint density at radius 3 is 2.37 bits per heavy atom. The van der Waals surface area contributed by atoms with Crippen molar-refractivity contribution in [3.05, 3.63) is 94.5 Å². The highest BCUT2D eigenvalue weighted by Gasteiger charge is 2.35. The van der Waals surface area contributed by atoms with Gasteiger partial charge in [-0.25, -0.2) is 0 Å². The number of nitrogens with zero attached hydrogens (tertiary/aromatic N) is 3. The maximum Gasteiger partial charge on any atom is 0.416 e. The topological polar surface area (TPSA) is 125 Å². The lowest BCUT2D eigenvalue weighted by atomic mass is 9.88. The minimum Gasteiger partial charge on any atom is -0.494 e. The zero-order chi connectivity index (χ0) is 39.3. The average Bonchev–Trinajstić information content (AvgIpc) is 3.12.